The number of hydrogen-bond acceptors (Lipinski definition) is 0. The van der Waals surface area contributed by atoms with Crippen molar-refractivity contribution in [2.24, 2.45) is 0 Å². The largest absolute Gasteiger partial charge is 0.0683 e. The van der Waals surface area contributed by atoms with Crippen molar-refractivity contribution in [1.82, 2.24) is 0 Å². The van der Waals surface area contributed by atoms with Crippen LogP contribution in [0.25, 0.3) is 0 Å². The third kappa shape index (κ3) is 5.38. The summed E-state index contributed by atoms with van der Waals surface area (Å²) in [5, 5.41) is 0. The molecule has 0 bridgehead atoms. The first-order valence-electron chi connectivity index (χ1n) is 8.14. The molecule has 0 saturated heterocycles. The smallest absolute Gasteiger partial charge is 0.0146 e. The molecule has 2 aromatic rings. The Bertz CT molecular complexity index is 439. The predicted molar refractivity (Wildman–Crippen MR) is 97.2 cm³/mol. The van der Waals surface area contributed by atoms with Gasteiger partial charge >= 0.3 is 0 Å². The van der Waals surface area contributed by atoms with Crippen molar-refractivity contribution in [2.75, 3.05) is 0 Å². The van der Waals surface area contributed by atoms with Gasteiger partial charge in [0.2, 0.25) is 0 Å². The van der Waals surface area contributed by atoms with Gasteiger partial charge in [-0.2, -0.15) is 0 Å². The average molecular weight is 284 g/mol. The van der Waals surface area contributed by atoms with Crippen molar-refractivity contribution in [2.45, 2.75) is 60.8 Å². The lowest BCUT2D eigenvalue weighted by atomic mass is 9.78. The molecule has 0 spiro atoms. The van der Waals surface area contributed by atoms with Crippen LogP contribution in [-0.4, -0.2) is 0 Å². The van der Waals surface area contributed by atoms with Crippen LogP contribution >= 0.6 is 0 Å². The third-order valence-corrected chi connectivity index (χ3v) is 3.55. The Morgan fingerprint density at radius 2 is 0.762 bits per heavy atom. The van der Waals surface area contributed by atoms with Crippen molar-refractivity contribution in [1.29, 1.82) is 0 Å². The van der Waals surface area contributed by atoms with E-state index < -0.39 is 0 Å². The molecule has 0 aliphatic carbocycles. The number of hydrogen-bond donors (Lipinski definition) is 0. The van der Waals surface area contributed by atoms with Gasteiger partial charge in [0.25, 0.3) is 0 Å². The Balaban J connectivity index is 0.000000921. The molecule has 0 heteroatoms. The van der Waals surface area contributed by atoms with E-state index in [0.29, 0.717) is 0 Å². The van der Waals surface area contributed by atoms with E-state index in [1.807, 2.05) is 27.7 Å². The van der Waals surface area contributed by atoms with Gasteiger partial charge in [-0.05, 0) is 25.0 Å². The molecule has 0 nitrogen and oxygen atoms in total. The minimum atomic E-state index is 0.0708. The summed E-state index contributed by atoms with van der Waals surface area (Å²) < 4.78 is 0. The van der Waals surface area contributed by atoms with Gasteiger partial charge in [-0.3, -0.25) is 0 Å². The van der Waals surface area contributed by atoms with Gasteiger partial charge in [-0.15, -0.1) is 0 Å². The van der Waals surface area contributed by atoms with Crippen LogP contribution in [0.4, 0.5) is 0 Å². The first kappa shape index (κ1) is 19.4. The fourth-order valence-electron chi connectivity index (χ4n) is 2.11. The van der Waals surface area contributed by atoms with E-state index >= 15 is 0 Å². The molecule has 116 valence electrons. The highest BCUT2D eigenvalue weighted by molar-refractivity contribution is 5.39. The van der Waals surface area contributed by atoms with E-state index in [9.17, 15) is 0 Å². The van der Waals surface area contributed by atoms with Gasteiger partial charge in [0.05, 0.1) is 0 Å². The van der Waals surface area contributed by atoms with E-state index in [1.54, 1.807) is 0 Å². The summed E-state index contributed by atoms with van der Waals surface area (Å²) in [7, 11) is 0. The normalized spacial score (nSPS) is 9.90. The molecule has 0 aliphatic heterocycles. The average Bonchev–Trinajstić information content (AvgIpc) is 2.52. The predicted octanol–water partition coefficient (Wildman–Crippen LogP) is 6.68. The summed E-state index contributed by atoms with van der Waals surface area (Å²) in [4.78, 5) is 0. The molecule has 21 heavy (non-hydrogen) atoms. The maximum atomic E-state index is 2.28. The Kier molecular flexibility index (Phi) is 8.69. The standard InChI is InChI=1S/C17H20.2C2H6/c1-13-5-9-15(10-6-13)17(3,4)16-11-7-14(2)8-12-16;2*1-2/h5-12H,1-4H3;2*1-2H3. The summed E-state index contributed by atoms with van der Waals surface area (Å²) in [5.41, 5.74) is 5.43. The maximum absolute atomic E-state index is 2.28. The van der Waals surface area contributed by atoms with Crippen LogP contribution < -0.4 is 0 Å². The van der Waals surface area contributed by atoms with Crippen molar-refractivity contribution in [3.05, 3.63) is 70.8 Å². The van der Waals surface area contributed by atoms with Gasteiger partial charge in [0.1, 0.15) is 0 Å². The molecular formula is C21H32. The van der Waals surface area contributed by atoms with Crippen LogP contribution in [0, 0.1) is 13.8 Å². The quantitative estimate of drug-likeness (QED) is 0.577. The molecule has 0 atom stereocenters. The zero-order valence-electron chi connectivity index (χ0n) is 15.1. The highest BCUT2D eigenvalue weighted by Crippen LogP contribution is 2.31. The van der Waals surface area contributed by atoms with Crippen LogP contribution in [0.3, 0.4) is 0 Å². The molecule has 0 heterocycles. The molecule has 0 fully saturated rings. The SMILES string of the molecule is CC.CC.Cc1ccc(C(C)(C)c2ccc(C)cc2)cc1. The Labute approximate surface area is 132 Å². The van der Waals surface area contributed by atoms with E-state index in [1.165, 1.54) is 22.3 Å². The van der Waals surface area contributed by atoms with Gasteiger partial charge in [-0.1, -0.05) is 101 Å². The monoisotopic (exact) mass is 284 g/mol. The second-order valence-corrected chi connectivity index (χ2v) is 5.36. The van der Waals surface area contributed by atoms with Gasteiger partial charge < -0.3 is 0 Å². The maximum Gasteiger partial charge on any atom is 0.0146 e. The van der Waals surface area contributed by atoms with Gasteiger partial charge in [0.15, 0.2) is 0 Å². The zero-order valence-corrected chi connectivity index (χ0v) is 15.1. The minimum Gasteiger partial charge on any atom is -0.0683 e. The lowest BCUT2D eigenvalue weighted by Crippen LogP contribution is -2.18. The summed E-state index contributed by atoms with van der Waals surface area (Å²) in [5.74, 6) is 0. The van der Waals surface area contributed by atoms with Crippen molar-refractivity contribution in [3.8, 4) is 0 Å². The number of aryl methyl sites for hydroxylation is 2. The van der Waals surface area contributed by atoms with E-state index in [0.717, 1.165) is 0 Å². The van der Waals surface area contributed by atoms with E-state index in [4.69, 9.17) is 0 Å². The van der Waals surface area contributed by atoms with Crippen LogP contribution in [-0.2, 0) is 5.41 Å². The molecule has 0 amide bonds. The minimum absolute atomic E-state index is 0.0708. The van der Waals surface area contributed by atoms with Gasteiger partial charge in [-0.25, -0.2) is 0 Å². The van der Waals surface area contributed by atoms with Crippen molar-refractivity contribution >= 4 is 0 Å². The molecular weight excluding hydrogens is 252 g/mol. The molecule has 0 aromatic heterocycles. The number of benzene rings is 2. The highest BCUT2D eigenvalue weighted by atomic mass is 14.3. The summed E-state index contributed by atoms with van der Waals surface area (Å²) in [6.07, 6.45) is 0. The van der Waals surface area contributed by atoms with Crippen LogP contribution in [0.15, 0.2) is 48.5 Å². The Hall–Kier alpha value is -1.56. The van der Waals surface area contributed by atoms with Crippen LogP contribution in [0.2, 0.25) is 0 Å². The zero-order chi connectivity index (χ0) is 16.5. The van der Waals surface area contributed by atoms with Crippen molar-refractivity contribution < 1.29 is 0 Å². The molecule has 0 aliphatic rings. The third-order valence-electron chi connectivity index (χ3n) is 3.55. The molecule has 0 N–H and O–H groups in total. The second kappa shape index (κ2) is 9.39. The van der Waals surface area contributed by atoms with Gasteiger partial charge in [0, 0.05) is 5.41 Å². The van der Waals surface area contributed by atoms with Crippen molar-refractivity contribution in [3.63, 3.8) is 0 Å². The van der Waals surface area contributed by atoms with E-state index in [-0.39, 0.29) is 5.41 Å². The summed E-state index contributed by atoms with van der Waals surface area (Å²) in [6, 6.07) is 17.7. The van der Waals surface area contributed by atoms with Crippen LogP contribution in [0.1, 0.15) is 63.8 Å². The molecule has 0 unspecified atom stereocenters. The molecule has 2 rings (SSSR count). The summed E-state index contributed by atoms with van der Waals surface area (Å²) >= 11 is 0. The van der Waals surface area contributed by atoms with E-state index in [2.05, 4.69) is 76.2 Å². The lowest BCUT2D eigenvalue weighted by Gasteiger charge is -2.26. The Morgan fingerprint density at radius 1 is 0.524 bits per heavy atom. The first-order chi connectivity index (χ1) is 10.00. The fraction of sp³-hybridized carbons (Fsp3) is 0.429. The second-order valence-electron chi connectivity index (χ2n) is 5.36. The fourth-order valence-corrected chi connectivity index (χ4v) is 2.11. The highest BCUT2D eigenvalue weighted by Gasteiger charge is 2.22. The molecule has 0 saturated carbocycles. The van der Waals surface area contributed by atoms with Crippen LogP contribution in [0.5, 0.6) is 0 Å². The molecule has 2 aromatic carbocycles. The lowest BCUT2D eigenvalue weighted by molar-refractivity contribution is 0.640. The number of rotatable bonds is 2. The summed E-state index contributed by atoms with van der Waals surface area (Å²) in [6.45, 7) is 16.8. The topological polar surface area (TPSA) is 0 Å². The first-order valence-corrected chi connectivity index (χ1v) is 8.14. The molecule has 0 radical (unpaired) electrons. The Morgan fingerprint density at radius 3 is 1.00 bits per heavy atom.